The summed E-state index contributed by atoms with van der Waals surface area (Å²) in [5, 5.41) is 21.0. The van der Waals surface area contributed by atoms with E-state index in [9.17, 15) is 10.2 Å². The second-order valence-corrected chi connectivity index (χ2v) is 9.70. The highest BCUT2D eigenvalue weighted by molar-refractivity contribution is 5.26. The Hall–Kier alpha value is -1.42. The van der Waals surface area contributed by atoms with Crippen LogP contribution in [0.4, 0.5) is 0 Å². The number of hydrogen-bond donors (Lipinski definition) is 3. The number of hydrogen-bond acceptors (Lipinski definition) is 3. The number of aliphatic hydroxyl groups is 2. The maximum Gasteiger partial charge on any atom is 0.0723 e. The quantitative estimate of drug-likeness (QED) is 0.441. The minimum atomic E-state index is -0.397. The van der Waals surface area contributed by atoms with Crippen molar-refractivity contribution in [1.29, 1.82) is 0 Å². The standard InChI is InChI=1S/C27H41NO2/c1-3-4-6-19(2)13-24(29)11-12-25-26-16-21(15-23(26)17-27(25)30)10-9-20-7-5-8-22(14-20)18-28/h5,7-8,11-12,14-15,19,23-27,29-30H,3-4,6,9-10,13,16-18,28H2,1-2H3/t19-,23-,24+,25+,26-,27+/m0/s1. The first-order chi connectivity index (χ1) is 14.5. The number of allylic oxidation sites excluding steroid dienone is 2. The van der Waals surface area contributed by atoms with E-state index in [0.717, 1.165) is 32.1 Å². The molecule has 1 fully saturated rings. The molecule has 2 aliphatic rings. The lowest BCUT2D eigenvalue weighted by atomic mass is 9.88. The largest absolute Gasteiger partial charge is 0.392 e. The van der Waals surface area contributed by atoms with Crippen molar-refractivity contribution < 1.29 is 10.2 Å². The molecule has 0 spiro atoms. The molecule has 1 aromatic rings. The van der Waals surface area contributed by atoms with Crippen LogP contribution in [0.1, 0.15) is 69.9 Å². The van der Waals surface area contributed by atoms with E-state index in [-0.39, 0.29) is 12.0 Å². The fraction of sp³-hybridized carbons (Fsp3) is 0.630. The van der Waals surface area contributed by atoms with E-state index in [0.29, 0.717) is 24.3 Å². The topological polar surface area (TPSA) is 66.5 Å². The van der Waals surface area contributed by atoms with E-state index in [1.807, 2.05) is 6.08 Å². The molecule has 0 heterocycles. The predicted octanol–water partition coefficient (Wildman–Crippen LogP) is 5.15. The molecule has 0 bridgehead atoms. The Labute approximate surface area is 183 Å². The molecule has 0 amide bonds. The van der Waals surface area contributed by atoms with Crippen LogP contribution in [0, 0.1) is 23.7 Å². The molecular formula is C27H41NO2. The summed E-state index contributed by atoms with van der Waals surface area (Å²) in [5.41, 5.74) is 9.84. The molecule has 4 N–H and O–H groups in total. The summed E-state index contributed by atoms with van der Waals surface area (Å²) >= 11 is 0. The molecule has 1 aromatic carbocycles. The Bertz CT molecular complexity index is 725. The van der Waals surface area contributed by atoms with Gasteiger partial charge < -0.3 is 15.9 Å². The maximum absolute atomic E-state index is 10.6. The van der Waals surface area contributed by atoms with Gasteiger partial charge in [-0.15, -0.1) is 0 Å². The monoisotopic (exact) mass is 411 g/mol. The lowest BCUT2D eigenvalue weighted by Crippen LogP contribution is -2.18. The fourth-order valence-electron chi connectivity index (χ4n) is 5.43. The Morgan fingerprint density at radius 3 is 2.80 bits per heavy atom. The predicted molar refractivity (Wildman–Crippen MR) is 125 cm³/mol. The van der Waals surface area contributed by atoms with E-state index in [1.54, 1.807) is 0 Å². The van der Waals surface area contributed by atoms with Crippen LogP contribution in [0.25, 0.3) is 0 Å². The number of aliphatic hydroxyl groups excluding tert-OH is 2. The normalized spacial score (nSPS) is 28.0. The van der Waals surface area contributed by atoms with Gasteiger partial charge in [-0.3, -0.25) is 0 Å². The Morgan fingerprint density at radius 2 is 2.03 bits per heavy atom. The van der Waals surface area contributed by atoms with Crippen molar-refractivity contribution in [1.82, 2.24) is 0 Å². The second kappa shape index (κ2) is 11.3. The summed E-state index contributed by atoms with van der Waals surface area (Å²) in [4.78, 5) is 0. The maximum atomic E-state index is 10.6. The zero-order valence-electron chi connectivity index (χ0n) is 18.8. The van der Waals surface area contributed by atoms with Crippen molar-refractivity contribution in [3.63, 3.8) is 0 Å². The molecule has 3 heteroatoms. The number of unbranched alkanes of at least 4 members (excludes halogenated alkanes) is 1. The molecule has 3 rings (SSSR count). The van der Waals surface area contributed by atoms with Gasteiger partial charge >= 0.3 is 0 Å². The fourth-order valence-corrected chi connectivity index (χ4v) is 5.43. The van der Waals surface area contributed by atoms with Crippen LogP contribution in [0.3, 0.4) is 0 Å². The highest BCUT2D eigenvalue weighted by Crippen LogP contribution is 2.48. The lowest BCUT2D eigenvalue weighted by molar-refractivity contribution is 0.139. The highest BCUT2D eigenvalue weighted by atomic mass is 16.3. The van der Waals surface area contributed by atoms with E-state index in [4.69, 9.17) is 5.73 Å². The summed E-state index contributed by atoms with van der Waals surface area (Å²) in [6.45, 7) is 5.03. The minimum absolute atomic E-state index is 0.171. The number of fused-ring (bicyclic) bond motifs is 1. The summed E-state index contributed by atoms with van der Waals surface area (Å²) < 4.78 is 0. The summed E-state index contributed by atoms with van der Waals surface area (Å²) in [6.07, 6.45) is 14.3. The lowest BCUT2D eigenvalue weighted by Gasteiger charge is -2.19. The van der Waals surface area contributed by atoms with Gasteiger partial charge in [0.15, 0.2) is 0 Å². The van der Waals surface area contributed by atoms with Crippen molar-refractivity contribution in [3.05, 3.63) is 59.2 Å². The van der Waals surface area contributed by atoms with Gasteiger partial charge in [0.1, 0.15) is 0 Å². The van der Waals surface area contributed by atoms with Crippen molar-refractivity contribution in [3.8, 4) is 0 Å². The van der Waals surface area contributed by atoms with Crippen molar-refractivity contribution >= 4 is 0 Å². The zero-order valence-corrected chi connectivity index (χ0v) is 18.8. The van der Waals surface area contributed by atoms with Crippen LogP contribution in [-0.4, -0.2) is 22.4 Å². The van der Waals surface area contributed by atoms with Gasteiger partial charge in [0.05, 0.1) is 12.2 Å². The Kier molecular flexibility index (Phi) is 8.73. The van der Waals surface area contributed by atoms with Gasteiger partial charge in [0.25, 0.3) is 0 Å². The molecule has 0 radical (unpaired) electrons. The minimum Gasteiger partial charge on any atom is -0.392 e. The van der Waals surface area contributed by atoms with E-state index in [2.05, 4.69) is 50.3 Å². The SMILES string of the molecule is CCCC[C@H](C)C[C@H](O)C=C[C@@H]1[C@H]2CC(CCc3cccc(CN)c3)=C[C@H]2C[C@H]1O. The molecule has 1 saturated carbocycles. The van der Waals surface area contributed by atoms with E-state index < -0.39 is 6.10 Å². The van der Waals surface area contributed by atoms with Gasteiger partial charge in [-0.05, 0) is 61.0 Å². The first-order valence-corrected chi connectivity index (χ1v) is 12.0. The third kappa shape index (κ3) is 6.29. The number of nitrogens with two attached hydrogens (primary N) is 1. The van der Waals surface area contributed by atoms with Crippen LogP contribution in [-0.2, 0) is 13.0 Å². The van der Waals surface area contributed by atoms with Crippen LogP contribution in [0.5, 0.6) is 0 Å². The first kappa shape index (κ1) is 23.2. The van der Waals surface area contributed by atoms with Gasteiger partial charge in [0.2, 0.25) is 0 Å². The number of benzene rings is 1. The smallest absolute Gasteiger partial charge is 0.0723 e. The molecule has 2 aliphatic carbocycles. The second-order valence-electron chi connectivity index (χ2n) is 9.70. The van der Waals surface area contributed by atoms with Crippen LogP contribution in [0.15, 0.2) is 48.1 Å². The number of rotatable bonds is 11. The van der Waals surface area contributed by atoms with Gasteiger partial charge in [-0.25, -0.2) is 0 Å². The first-order valence-electron chi connectivity index (χ1n) is 12.0. The van der Waals surface area contributed by atoms with Gasteiger partial charge in [-0.2, -0.15) is 0 Å². The summed E-state index contributed by atoms with van der Waals surface area (Å²) in [5.74, 6) is 1.69. The van der Waals surface area contributed by atoms with Crippen molar-refractivity contribution in [2.45, 2.75) is 84.0 Å². The third-order valence-electron chi connectivity index (χ3n) is 7.16. The molecule has 0 unspecified atom stereocenters. The highest BCUT2D eigenvalue weighted by Gasteiger charge is 2.43. The average Bonchev–Trinajstić information content (AvgIpc) is 3.25. The van der Waals surface area contributed by atoms with Gasteiger partial charge in [-0.1, -0.05) is 81.2 Å². The summed E-state index contributed by atoms with van der Waals surface area (Å²) in [6, 6.07) is 8.59. The van der Waals surface area contributed by atoms with E-state index >= 15 is 0 Å². The average molecular weight is 412 g/mol. The van der Waals surface area contributed by atoms with Crippen LogP contribution >= 0.6 is 0 Å². The molecule has 0 saturated heterocycles. The van der Waals surface area contributed by atoms with Crippen molar-refractivity contribution in [2.24, 2.45) is 29.4 Å². The summed E-state index contributed by atoms with van der Waals surface area (Å²) in [7, 11) is 0. The van der Waals surface area contributed by atoms with Crippen molar-refractivity contribution in [2.75, 3.05) is 0 Å². The van der Waals surface area contributed by atoms with E-state index in [1.165, 1.54) is 36.0 Å². The third-order valence-corrected chi connectivity index (χ3v) is 7.16. The van der Waals surface area contributed by atoms with Crippen LogP contribution in [0.2, 0.25) is 0 Å². The molecule has 0 aliphatic heterocycles. The molecule has 6 atom stereocenters. The molecule has 166 valence electrons. The molecule has 0 aromatic heterocycles. The van der Waals surface area contributed by atoms with Crippen LogP contribution < -0.4 is 5.73 Å². The Morgan fingerprint density at radius 1 is 1.23 bits per heavy atom. The number of aryl methyl sites for hydroxylation is 1. The zero-order chi connectivity index (χ0) is 21.5. The molecule has 3 nitrogen and oxygen atoms in total. The van der Waals surface area contributed by atoms with Gasteiger partial charge in [0, 0.05) is 12.5 Å². The Balaban J connectivity index is 1.50. The molecule has 30 heavy (non-hydrogen) atoms. The molecular weight excluding hydrogens is 370 g/mol.